The van der Waals surface area contributed by atoms with Crippen molar-refractivity contribution >= 4 is 44.7 Å². The summed E-state index contributed by atoms with van der Waals surface area (Å²) < 4.78 is 62.0. The molecular formula is C40H52FN5O9S. The Hall–Kier alpha value is -4.47. The van der Waals surface area contributed by atoms with E-state index in [1.165, 1.54) is 12.0 Å². The molecule has 1 spiro atoms. The Bertz CT molecular complexity index is 2100. The van der Waals surface area contributed by atoms with Crippen LogP contribution in [0.3, 0.4) is 0 Å². The van der Waals surface area contributed by atoms with Crippen molar-refractivity contribution < 1.29 is 46.2 Å². The number of pyridine rings is 1. The van der Waals surface area contributed by atoms with E-state index in [0.717, 1.165) is 12.8 Å². The van der Waals surface area contributed by atoms with Gasteiger partial charge in [0.2, 0.25) is 21.8 Å². The van der Waals surface area contributed by atoms with E-state index in [-0.39, 0.29) is 38.0 Å². The van der Waals surface area contributed by atoms with Crippen molar-refractivity contribution in [3.63, 3.8) is 0 Å². The van der Waals surface area contributed by atoms with Crippen LogP contribution in [0.15, 0.2) is 30.4 Å². The van der Waals surface area contributed by atoms with Gasteiger partial charge in [0.05, 0.1) is 29.6 Å². The van der Waals surface area contributed by atoms with Gasteiger partial charge in [-0.1, -0.05) is 25.0 Å². The molecule has 4 heterocycles. The Kier molecular flexibility index (Phi) is 10.1. The van der Waals surface area contributed by atoms with Gasteiger partial charge >= 0.3 is 6.09 Å². The molecule has 1 aromatic carbocycles. The molecule has 2 aliphatic carbocycles. The number of benzene rings is 1. The Morgan fingerprint density at radius 1 is 1.11 bits per heavy atom. The first-order valence-corrected chi connectivity index (χ1v) is 20.9. The number of allylic oxidation sites excluding steroid dienone is 1. The molecule has 2 saturated carbocycles. The fourth-order valence-electron chi connectivity index (χ4n) is 8.29. The van der Waals surface area contributed by atoms with Crippen LogP contribution in [0, 0.1) is 12.8 Å². The van der Waals surface area contributed by atoms with Crippen LogP contribution in [-0.4, -0.2) is 89.3 Å². The minimum absolute atomic E-state index is 0.145. The normalized spacial score (nSPS) is 30.7. The number of carbonyl (C=O) groups is 4. The second-order valence-corrected chi connectivity index (χ2v) is 19.6. The minimum Gasteiger partial charge on any atom is -0.497 e. The molecule has 1 aromatic heterocycles. The lowest BCUT2D eigenvalue weighted by molar-refractivity contribution is -0.141. The number of carbonyl (C=O) groups excluding carboxylic acids is 4. The van der Waals surface area contributed by atoms with Crippen molar-refractivity contribution in [3.05, 3.63) is 41.6 Å². The highest BCUT2D eigenvalue weighted by molar-refractivity contribution is 7.91. The second kappa shape index (κ2) is 14.2. The predicted molar refractivity (Wildman–Crippen MR) is 204 cm³/mol. The fourth-order valence-corrected chi connectivity index (χ4v) is 9.60. The Balaban J connectivity index is 1.26. The van der Waals surface area contributed by atoms with Gasteiger partial charge in [0.1, 0.15) is 46.5 Å². The zero-order chi connectivity index (χ0) is 40.4. The van der Waals surface area contributed by atoms with E-state index >= 15 is 4.39 Å². The van der Waals surface area contributed by atoms with Gasteiger partial charge in [-0.05, 0) is 91.3 Å². The van der Waals surface area contributed by atoms with Crippen LogP contribution >= 0.6 is 0 Å². The van der Waals surface area contributed by atoms with Crippen LogP contribution in [0.2, 0.25) is 0 Å². The number of alkyl carbamates (subject to hydrolysis) is 1. The SMILES string of the molecule is COc1ccc2nc(C)c3c(c2c1)[C@H](F)C[C@]1(C[C@H]2C(=O)N[C@]4(C(=O)NS(=O)(=O)C5(C)CC5)C[C@@H]4/C=C\CCCCC[C@H](NC(=O)OC(C)(C)C)C(=O)N2C1)O3. The topological polar surface area (TPSA) is 182 Å². The van der Waals surface area contributed by atoms with Gasteiger partial charge in [-0.15, -0.1) is 0 Å². The average Bonchev–Trinajstić information content (AvgIpc) is 4.01. The van der Waals surface area contributed by atoms with Crippen LogP contribution < -0.4 is 24.8 Å². The van der Waals surface area contributed by atoms with Crippen LogP contribution in [0.4, 0.5) is 9.18 Å². The molecule has 6 atom stereocenters. The number of amides is 4. The van der Waals surface area contributed by atoms with E-state index in [2.05, 4.69) is 20.3 Å². The number of hydrogen-bond donors (Lipinski definition) is 3. The molecule has 3 fully saturated rings. The first-order chi connectivity index (χ1) is 26.3. The third kappa shape index (κ3) is 7.52. The number of aromatic nitrogens is 1. The number of ether oxygens (including phenoxy) is 3. The van der Waals surface area contributed by atoms with Crippen molar-refractivity contribution in [2.75, 3.05) is 13.7 Å². The number of sulfonamides is 1. The smallest absolute Gasteiger partial charge is 0.408 e. The van der Waals surface area contributed by atoms with Crippen molar-refractivity contribution in [2.24, 2.45) is 5.92 Å². The summed E-state index contributed by atoms with van der Waals surface area (Å²) in [5, 5.41) is 6.11. The number of nitrogens with one attached hydrogen (secondary N) is 3. The molecule has 1 saturated heterocycles. The number of halogens is 1. The largest absolute Gasteiger partial charge is 0.497 e. The minimum atomic E-state index is -4.04. The number of alkyl halides is 1. The summed E-state index contributed by atoms with van der Waals surface area (Å²) in [7, 11) is -2.52. The lowest BCUT2D eigenvalue weighted by Crippen LogP contribution is -2.58. The summed E-state index contributed by atoms with van der Waals surface area (Å²) in [6.07, 6.45) is 4.95. The molecule has 0 unspecified atom stereocenters. The Morgan fingerprint density at radius 2 is 1.86 bits per heavy atom. The van der Waals surface area contributed by atoms with Gasteiger partial charge in [0, 0.05) is 29.7 Å². The zero-order valence-corrected chi connectivity index (χ0v) is 33.6. The molecule has 304 valence electrons. The highest BCUT2D eigenvalue weighted by Crippen LogP contribution is 2.52. The highest BCUT2D eigenvalue weighted by Gasteiger charge is 2.64. The third-order valence-electron chi connectivity index (χ3n) is 11.8. The summed E-state index contributed by atoms with van der Waals surface area (Å²) in [5.74, 6) is -1.91. The predicted octanol–water partition coefficient (Wildman–Crippen LogP) is 4.97. The average molecular weight is 798 g/mol. The molecule has 14 nitrogen and oxygen atoms in total. The summed E-state index contributed by atoms with van der Waals surface area (Å²) in [4.78, 5) is 62.4. The maximum atomic E-state index is 16.8. The summed E-state index contributed by atoms with van der Waals surface area (Å²) in [6.45, 7) is 8.19. The van der Waals surface area contributed by atoms with E-state index in [1.54, 1.807) is 52.8 Å². The molecule has 0 radical (unpaired) electrons. The van der Waals surface area contributed by atoms with E-state index < -0.39 is 79.5 Å². The molecule has 7 rings (SSSR count). The van der Waals surface area contributed by atoms with Crippen molar-refractivity contribution in [3.8, 4) is 11.5 Å². The second-order valence-electron chi connectivity index (χ2n) is 17.4. The lowest BCUT2D eigenvalue weighted by Gasteiger charge is -2.38. The Morgan fingerprint density at radius 3 is 2.55 bits per heavy atom. The maximum absolute atomic E-state index is 16.8. The number of fused-ring (bicyclic) bond motifs is 5. The van der Waals surface area contributed by atoms with Gasteiger partial charge in [0.25, 0.3) is 5.91 Å². The van der Waals surface area contributed by atoms with Crippen LogP contribution in [-0.2, 0) is 29.1 Å². The third-order valence-corrected chi connectivity index (χ3v) is 14.0. The number of aryl methyl sites for hydroxylation is 1. The van der Waals surface area contributed by atoms with E-state index in [1.807, 2.05) is 12.2 Å². The van der Waals surface area contributed by atoms with Gasteiger partial charge in [0.15, 0.2) is 0 Å². The van der Waals surface area contributed by atoms with E-state index in [4.69, 9.17) is 14.2 Å². The molecule has 16 heteroatoms. The molecule has 3 aliphatic heterocycles. The van der Waals surface area contributed by atoms with E-state index in [9.17, 15) is 27.6 Å². The highest BCUT2D eigenvalue weighted by atomic mass is 32.2. The number of methoxy groups -OCH3 is 1. The first-order valence-electron chi connectivity index (χ1n) is 19.5. The summed E-state index contributed by atoms with van der Waals surface area (Å²) in [5.41, 5.74) is -2.55. The van der Waals surface area contributed by atoms with Gasteiger partial charge < -0.3 is 29.7 Å². The van der Waals surface area contributed by atoms with E-state index in [0.29, 0.717) is 53.6 Å². The maximum Gasteiger partial charge on any atom is 0.408 e. The molecular weight excluding hydrogens is 746 g/mol. The molecule has 3 N–H and O–H groups in total. The van der Waals surface area contributed by atoms with Crippen LogP contribution in [0.1, 0.15) is 109 Å². The van der Waals surface area contributed by atoms with Crippen molar-refractivity contribution in [1.29, 1.82) is 0 Å². The van der Waals surface area contributed by atoms with Crippen molar-refractivity contribution in [2.45, 2.75) is 139 Å². The van der Waals surface area contributed by atoms with Gasteiger partial charge in [-0.25, -0.2) is 22.6 Å². The Labute approximate surface area is 326 Å². The number of hydrogen-bond acceptors (Lipinski definition) is 10. The summed E-state index contributed by atoms with van der Waals surface area (Å²) >= 11 is 0. The molecule has 4 amide bonds. The first kappa shape index (κ1) is 39.8. The van der Waals surface area contributed by atoms with Crippen LogP contribution in [0.25, 0.3) is 10.9 Å². The molecule has 0 bridgehead atoms. The van der Waals surface area contributed by atoms with Crippen LogP contribution in [0.5, 0.6) is 11.5 Å². The number of rotatable bonds is 5. The van der Waals surface area contributed by atoms with Gasteiger partial charge in [-0.2, -0.15) is 0 Å². The monoisotopic (exact) mass is 797 g/mol. The zero-order valence-electron chi connectivity index (χ0n) is 32.8. The fraction of sp³-hybridized carbons (Fsp3) is 0.625. The quantitative estimate of drug-likeness (QED) is 0.350. The molecule has 5 aliphatic rings. The lowest BCUT2D eigenvalue weighted by atomic mass is 9.86. The van der Waals surface area contributed by atoms with Gasteiger partial charge in [-0.3, -0.25) is 19.1 Å². The standard InChI is InChI=1S/C40H52FN5O9S/c1-23-32-31(26-18-25(53-6)14-15-28(26)42-23)27(41)20-39(54-32)21-30-33(47)44-40(35(49)45-56(51,52)38(5)16-17-38)19-24(40)12-10-8-7-9-11-13-29(34(48)46(30)22-39)43-36(50)55-37(2,3)4/h10,12,14-15,18,24,27,29-30H,7-9,11,13,16-17,19-22H2,1-6H3,(H,43,50)(H,44,47)(H,45,49)/b12-10-/t24-,27+,29-,30-,39+,40+/m0/s1. The molecule has 56 heavy (non-hydrogen) atoms. The van der Waals surface area contributed by atoms with Crippen molar-refractivity contribution in [1.82, 2.24) is 25.2 Å². The molecule has 2 aromatic rings. The number of nitrogens with zero attached hydrogens (tertiary/aromatic N) is 2. The summed E-state index contributed by atoms with van der Waals surface area (Å²) in [6, 6.07) is 2.82.